The molecule has 0 unspecified atom stereocenters. The number of hydrogen-bond donors (Lipinski definition) is 1. The average molecular weight is 324 g/mol. The minimum Gasteiger partial charge on any atom is -0.330 e. The molecule has 94 valence electrons. The van der Waals surface area contributed by atoms with Gasteiger partial charge in [-0.25, -0.2) is 9.97 Å². The molecule has 18 heavy (non-hydrogen) atoms. The number of aromatic nitrogens is 2. The number of nitrogens with zero attached hydrogens (tertiary/aromatic N) is 2. The van der Waals surface area contributed by atoms with Crippen molar-refractivity contribution in [2.24, 2.45) is 5.73 Å². The minimum absolute atomic E-state index is 0.634. The summed E-state index contributed by atoms with van der Waals surface area (Å²) in [4.78, 5) is 9.88. The molecule has 0 amide bonds. The molecular formula is C13H14BrN3S. The van der Waals surface area contributed by atoms with Crippen LogP contribution in [0.1, 0.15) is 11.4 Å². The summed E-state index contributed by atoms with van der Waals surface area (Å²) in [5.74, 6) is 1.63. The lowest BCUT2D eigenvalue weighted by molar-refractivity contribution is 0.920. The molecule has 0 aliphatic rings. The van der Waals surface area contributed by atoms with Gasteiger partial charge in [0.25, 0.3) is 0 Å². The molecule has 2 aromatic rings. The second kappa shape index (κ2) is 6.87. The first-order valence-electron chi connectivity index (χ1n) is 5.66. The van der Waals surface area contributed by atoms with E-state index in [1.165, 1.54) is 4.90 Å². The highest BCUT2D eigenvalue weighted by molar-refractivity contribution is 9.10. The Morgan fingerprint density at radius 2 is 2.00 bits per heavy atom. The summed E-state index contributed by atoms with van der Waals surface area (Å²) >= 11 is 5.19. The number of rotatable bonds is 5. The van der Waals surface area contributed by atoms with Crippen molar-refractivity contribution in [1.82, 2.24) is 9.97 Å². The second-order valence-corrected chi connectivity index (χ2v) is 5.76. The van der Waals surface area contributed by atoms with Crippen LogP contribution in [0.15, 0.2) is 46.0 Å². The predicted molar refractivity (Wildman–Crippen MR) is 78.5 cm³/mol. The monoisotopic (exact) mass is 323 g/mol. The molecule has 5 heteroatoms. The lowest BCUT2D eigenvalue weighted by Gasteiger charge is -2.02. The lowest BCUT2D eigenvalue weighted by atomic mass is 10.2. The van der Waals surface area contributed by atoms with Crippen LogP contribution in [0.4, 0.5) is 0 Å². The molecule has 2 N–H and O–H groups in total. The van der Waals surface area contributed by atoms with E-state index in [1.807, 2.05) is 24.5 Å². The van der Waals surface area contributed by atoms with E-state index in [-0.39, 0.29) is 0 Å². The van der Waals surface area contributed by atoms with Crippen LogP contribution < -0.4 is 5.73 Å². The zero-order valence-corrected chi connectivity index (χ0v) is 12.2. The van der Waals surface area contributed by atoms with Gasteiger partial charge in [-0.3, -0.25) is 0 Å². The van der Waals surface area contributed by atoms with Gasteiger partial charge in [0.1, 0.15) is 5.82 Å². The van der Waals surface area contributed by atoms with Crippen molar-refractivity contribution < 1.29 is 0 Å². The SMILES string of the molecule is NCCc1cnc(CSc2cccc(Br)c2)nc1. The molecule has 0 bridgehead atoms. The van der Waals surface area contributed by atoms with E-state index in [4.69, 9.17) is 5.73 Å². The first kappa shape index (κ1) is 13.5. The Morgan fingerprint density at radius 3 is 2.67 bits per heavy atom. The molecule has 0 aliphatic heterocycles. The fraction of sp³-hybridized carbons (Fsp3) is 0.231. The van der Waals surface area contributed by atoms with Crippen LogP contribution in [0.3, 0.4) is 0 Å². The van der Waals surface area contributed by atoms with Gasteiger partial charge < -0.3 is 5.73 Å². The van der Waals surface area contributed by atoms with Gasteiger partial charge in [0.05, 0.1) is 5.75 Å². The quantitative estimate of drug-likeness (QED) is 0.859. The Morgan fingerprint density at radius 1 is 1.22 bits per heavy atom. The molecule has 0 atom stereocenters. The maximum absolute atomic E-state index is 5.48. The van der Waals surface area contributed by atoms with E-state index in [0.29, 0.717) is 6.54 Å². The highest BCUT2D eigenvalue weighted by Crippen LogP contribution is 2.24. The Labute approximate surface area is 119 Å². The highest BCUT2D eigenvalue weighted by atomic mass is 79.9. The van der Waals surface area contributed by atoms with Crippen molar-refractivity contribution in [2.75, 3.05) is 6.54 Å². The Balaban J connectivity index is 1.93. The number of nitrogens with two attached hydrogens (primary N) is 1. The van der Waals surface area contributed by atoms with Crippen LogP contribution in [-0.2, 0) is 12.2 Å². The van der Waals surface area contributed by atoms with Gasteiger partial charge in [0, 0.05) is 21.8 Å². The van der Waals surface area contributed by atoms with Gasteiger partial charge in [0.2, 0.25) is 0 Å². The highest BCUT2D eigenvalue weighted by Gasteiger charge is 2.00. The number of thioether (sulfide) groups is 1. The van der Waals surface area contributed by atoms with Crippen LogP contribution in [0.25, 0.3) is 0 Å². The Hall–Kier alpha value is -0.910. The third-order valence-electron chi connectivity index (χ3n) is 2.36. The summed E-state index contributed by atoms with van der Waals surface area (Å²) in [7, 11) is 0. The van der Waals surface area contributed by atoms with Crippen LogP contribution >= 0.6 is 27.7 Å². The third kappa shape index (κ3) is 4.08. The van der Waals surface area contributed by atoms with Gasteiger partial charge in [-0.15, -0.1) is 11.8 Å². The molecule has 1 heterocycles. The second-order valence-electron chi connectivity index (χ2n) is 3.79. The van der Waals surface area contributed by atoms with Gasteiger partial charge in [-0.2, -0.15) is 0 Å². The molecule has 0 radical (unpaired) electrons. The van der Waals surface area contributed by atoms with Crippen molar-refractivity contribution in [3.63, 3.8) is 0 Å². The molecular weight excluding hydrogens is 310 g/mol. The maximum Gasteiger partial charge on any atom is 0.138 e. The lowest BCUT2D eigenvalue weighted by Crippen LogP contribution is -2.04. The Bertz CT molecular complexity index is 502. The van der Waals surface area contributed by atoms with Crippen LogP contribution in [0.5, 0.6) is 0 Å². The smallest absolute Gasteiger partial charge is 0.138 e. The van der Waals surface area contributed by atoms with Crippen LogP contribution in [0, 0.1) is 0 Å². The molecule has 0 saturated heterocycles. The van der Waals surface area contributed by atoms with Gasteiger partial charge >= 0.3 is 0 Å². The molecule has 0 fully saturated rings. The summed E-state index contributed by atoms with van der Waals surface area (Å²) in [6.45, 7) is 0.634. The van der Waals surface area contributed by atoms with Crippen molar-refractivity contribution in [3.8, 4) is 0 Å². The summed E-state index contributed by atoms with van der Waals surface area (Å²) in [6, 6.07) is 8.21. The van der Waals surface area contributed by atoms with E-state index in [9.17, 15) is 0 Å². The topological polar surface area (TPSA) is 51.8 Å². The van der Waals surface area contributed by atoms with Crippen molar-refractivity contribution in [1.29, 1.82) is 0 Å². The normalized spacial score (nSPS) is 10.6. The minimum atomic E-state index is 0.634. The van der Waals surface area contributed by atoms with Gasteiger partial charge in [0.15, 0.2) is 0 Å². The van der Waals surface area contributed by atoms with Crippen molar-refractivity contribution >= 4 is 27.7 Å². The molecule has 1 aromatic heterocycles. The zero-order valence-electron chi connectivity index (χ0n) is 9.84. The van der Waals surface area contributed by atoms with Gasteiger partial charge in [-0.05, 0) is 36.7 Å². The summed E-state index contributed by atoms with van der Waals surface area (Å²) in [6.07, 6.45) is 4.55. The summed E-state index contributed by atoms with van der Waals surface area (Å²) < 4.78 is 1.09. The van der Waals surface area contributed by atoms with E-state index < -0.39 is 0 Å². The predicted octanol–water partition coefficient (Wildman–Crippen LogP) is 3.03. The van der Waals surface area contributed by atoms with Crippen molar-refractivity contribution in [3.05, 3.63) is 52.5 Å². The third-order valence-corrected chi connectivity index (χ3v) is 3.84. The number of benzene rings is 1. The Kier molecular flexibility index (Phi) is 5.16. The molecule has 0 saturated carbocycles. The summed E-state index contributed by atoms with van der Waals surface area (Å²) in [5, 5.41) is 0. The fourth-order valence-corrected chi connectivity index (χ4v) is 2.84. The largest absolute Gasteiger partial charge is 0.330 e. The maximum atomic E-state index is 5.48. The van der Waals surface area contributed by atoms with Crippen LogP contribution in [0.2, 0.25) is 0 Å². The van der Waals surface area contributed by atoms with E-state index >= 15 is 0 Å². The molecule has 0 spiro atoms. The number of hydrogen-bond acceptors (Lipinski definition) is 4. The average Bonchev–Trinajstić information content (AvgIpc) is 2.38. The van der Waals surface area contributed by atoms with E-state index in [1.54, 1.807) is 11.8 Å². The molecule has 2 rings (SSSR count). The first-order chi connectivity index (χ1) is 8.78. The standard InChI is InChI=1S/C13H14BrN3S/c14-11-2-1-3-12(6-11)18-9-13-16-7-10(4-5-15)8-17-13/h1-3,6-8H,4-5,9,15H2. The van der Waals surface area contributed by atoms with Crippen LogP contribution in [-0.4, -0.2) is 16.5 Å². The molecule has 3 nitrogen and oxygen atoms in total. The van der Waals surface area contributed by atoms with Gasteiger partial charge in [-0.1, -0.05) is 22.0 Å². The molecule has 1 aromatic carbocycles. The molecule has 0 aliphatic carbocycles. The fourth-order valence-electron chi connectivity index (χ4n) is 1.46. The summed E-state index contributed by atoms with van der Waals surface area (Å²) in [5.41, 5.74) is 6.57. The van der Waals surface area contributed by atoms with E-state index in [0.717, 1.165) is 28.0 Å². The number of halogens is 1. The van der Waals surface area contributed by atoms with Crippen molar-refractivity contribution in [2.45, 2.75) is 17.1 Å². The zero-order chi connectivity index (χ0) is 12.8. The first-order valence-corrected chi connectivity index (χ1v) is 7.44. The van der Waals surface area contributed by atoms with E-state index in [2.05, 4.69) is 38.0 Å².